The van der Waals surface area contributed by atoms with Crippen LogP contribution < -0.4 is 5.32 Å². The molecular weight excluding hydrogens is 202 g/mol. The molecule has 0 aliphatic carbocycles. The average molecular weight is 227 g/mol. The number of carbonyl (C=O) groups is 1. The smallest absolute Gasteiger partial charge is 0.241 e. The van der Waals surface area contributed by atoms with E-state index in [1.165, 1.54) is 0 Å². The predicted molar refractivity (Wildman–Crippen MR) is 66.1 cm³/mol. The number of carbonyl (C=O) groups excluding carboxylic acids is 1. The Morgan fingerprint density at radius 2 is 2.12 bits per heavy atom. The van der Waals surface area contributed by atoms with Crippen molar-refractivity contribution in [3.05, 3.63) is 0 Å². The third kappa shape index (κ3) is 3.76. The largest absolute Gasteiger partial charge is 0.329 e. The molecule has 1 unspecified atom stereocenters. The number of amides is 1. The summed E-state index contributed by atoms with van der Waals surface area (Å²) >= 11 is 0. The third-order valence-corrected chi connectivity index (χ3v) is 3.03. The second-order valence-corrected chi connectivity index (χ2v) is 5.20. The van der Waals surface area contributed by atoms with Crippen LogP contribution in [0.5, 0.6) is 0 Å². The van der Waals surface area contributed by atoms with Crippen molar-refractivity contribution < 1.29 is 4.79 Å². The zero-order valence-corrected chi connectivity index (χ0v) is 11.0. The molecule has 1 heterocycles. The quantitative estimate of drug-likeness (QED) is 0.680. The molecule has 1 fully saturated rings. The minimum Gasteiger partial charge on any atom is -0.329 e. The molecule has 0 aromatic rings. The molecule has 4 heteroatoms. The van der Waals surface area contributed by atoms with Crippen molar-refractivity contribution in [3.8, 4) is 0 Å². The monoisotopic (exact) mass is 227 g/mol. The fourth-order valence-electron chi connectivity index (χ4n) is 2.01. The molecule has 4 nitrogen and oxygen atoms in total. The normalized spacial score (nSPS) is 21.5. The van der Waals surface area contributed by atoms with Crippen molar-refractivity contribution in [2.75, 3.05) is 33.9 Å². The molecule has 1 atom stereocenters. The fourth-order valence-corrected chi connectivity index (χ4v) is 2.01. The Hall–Kier alpha value is -0.610. The summed E-state index contributed by atoms with van der Waals surface area (Å²) in [6.45, 7) is 6.89. The van der Waals surface area contributed by atoms with Crippen molar-refractivity contribution in [3.63, 3.8) is 0 Å². The SMILES string of the molecule is CC(C)C1NCN(CCCCN(C)C)C1=O. The number of nitrogens with zero attached hydrogens (tertiary/aromatic N) is 2. The van der Waals surface area contributed by atoms with Crippen LogP contribution in [-0.2, 0) is 4.79 Å². The maximum Gasteiger partial charge on any atom is 0.241 e. The fraction of sp³-hybridized carbons (Fsp3) is 0.917. The van der Waals surface area contributed by atoms with E-state index in [1.54, 1.807) is 0 Å². The van der Waals surface area contributed by atoms with Gasteiger partial charge in [0.2, 0.25) is 5.91 Å². The van der Waals surface area contributed by atoms with Crippen LogP contribution >= 0.6 is 0 Å². The van der Waals surface area contributed by atoms with Gasteiger partial charge in [-0.3, -0.25) is 10.1 Å². The van der Waals surface area contributed by atoms with E-state index in [-0.39, 0.29) is 11.9 Å². The van der Waals surface area contributed by atoms with E-state index in [0.717, 1.165) is 32.6 Å². The van der Waals surface area contributed by atoms with Crippen LogP contribution in [0.25, 0.3) is 0 Å². The van der Waals surface area contributed by atoms with E-state index in [4.69, 9.17) is 0 Å². The molecular formula is C12H25N3O. The Kier molecular flexibility index (Phi) is 5.22. The van der Waals surface area contributed by atoms with Crippen LogP contribution in [0.3, 0.4) is 0 Å². The summed E-state index contributed by atoms with van der Waals surface area (Å²) in [4.78, 5) is 16.1. The Labute approximate surface area is 99.0 Å². The van der Waals surface area contributed by atoms with Crippen LogP contribution in [0.1, 0.15) is 26.7 Å². The number of hydrogen-bond acceptors (Lipinski definition) is 3. The molecule has 1 aliphatic rings. The van der Waals surface area contributed by atoms with Crippen LogP contribution in [-0.4, -0.2) is 55.6 Å². The zero-order chi connectivity index (χ0) is 12.1. The predicted octanol–water partition coefficient (Wildman–Crippen LogP) is 0.742. The van der Waals surface area contributed by atoms with Crippen LogP contribution in [0.4, 0.5) is 0 Å². The van der Waals surface area contributed by atoms with Gasteiger partial charge < -0.3 is 9.80 Å². The highest BCUT2D eigenvalue weighted by Crippen LogP contribution is 2.12. The lowest BCUT2D eigenvalue weighted by Crippen LogP contribution is -2.35. The minimum atomic E-state index is 0.0360. The lowest BCUT2D eigenvalue weighted by molar-refractivity contribution is -0.129. The molecule has 0 spiro atoms. The summed E-state index contributed by atoms with van der Waals surface area (Å²) in [6, 6.07) is 0.0360. The maximum absolute atomic E-state index is 11.9. The summed E-state index contributed by atoms with van der Waals surface area (Å²) in [7, 11) is 4.16. The Morgan fingerprint density at radius 3 is 2.62 bits per heavy atom. The van der Waals surface area contributed by atoms with Gasteiger partial charge in [0.05, 0.1) is 12.7 Å². The molecule has 1 rings (SSSR count). The van der Waals surface area contributed by atoms with Gasteiger partial charge in [0, 0.05) is 6.54 Å². The van der Waals surface area contributed by atoms with Gasteiger partial charge >= 0.3 is 0 Å². The highest BCUT2D eigenvalue weighted by Gasteiger charge is 2.32. The summed E-state index contributed by atoms with van der Waals surface area (Å²) in [5, 5.41) is 3.27. The molecule has 1 N–H and O–H groups in total. The van der Waals surface area contributed by atoms with Gasteiger partial charge in [-0.15, -0.1) is 0 Å². The first-order chi connectivity index (χ1) is 7.52. The molecule has 0 saturated carbocycles. The molecule has 0 bridgehead atoms. The van der Waals surface area contributed by atoms with Crippen molar-refractivity contribution in [1.82, 2.24) is 15.1 Å². The second-order valence-electron chi connectivity index (χ2n) is 5.20. The number of unbranched alkanes of at least 4 members (excludes halogenated alkanes) is 1. The van der Waals surface area contributed by atoms with Crippen molar-refractivity contribution in [2.24, 2.45) is 5.92 Å². The molecule has 16 heavy (non-hydrogen) atoms. The molecule has 1 amide bonds. The average Bonchev–Trinajstić information content (AvgIpc) is 2.54. The van der Waals surface area contributed by atoms with E-state index in [9.17, 15) is 4.79 Å². The highest BCUT2D eigenvalue weighted by atomic mass is 16.2. The minimum absolute atomic E-state index is 0.0360. The summed E-state index contributed by atoms with van der Waals surface area (Å²) < 4.78 is 0. The first kappa shape index (κ1) is 13.5. The summed E-state index contributed by atoms with van der Waals surface area (Å²) in [6.07, 6.45) is 2.25. The van der Waals surface area contributed by atoms with Gasteiger partial charge in [0.15, 0.2) is 0 Å². The molecule has 1 aliphatic heterocycles. The maximum atomic E-state index is 11.9. The first-order valence-electron chi connectivity index (χ1n) is 6.19. The van der Waals surface area contributed by atoms with Gasteiger partial charge in [-0.2, -0.15) is 0 Å². The Balaban J connectivity index is 2.22. The van der Waals surface area contributed by atoms with E-state index in [2.05, 4.69) is 38.2 Å². The van der Waals surface area contributed by atoms with Crippen LogP contribution in [0, 0.1) is 5.92 Å². The Bertz CT molecular complexity index is 228. The van der Waals surface area contributed by atoms with E-state index >= 15 is 0 Å². The number of nitrogens with one attached hydrogen (secondary N) is 1. The van der Waals surface area contributed by atoms with Gasteiger partial charge in [0.25, 0.3) is 0 Å². The number of hydrogen-bond donors (Lipinski definition) is 1. The van der Waals surface area contributed by atoms with Gasteiger partial charge in [0.1, 0.15) is 0 Å². The molecule has 0 aromatic heterocycles. The van der Waals surface area contributed by atoms with Crippen molar-refractivity contribution in [2.45, 2.75) is 32.7 Å². The highest BCUT2D eigenvalue weighted by molar-refractivity contribution is 5.83. The summed E-state index contributed by atoms with van der Waals surface area (Å²) in [5.41, 5.74) is 0. The lowest BCUT2D eigenvalue weighted by atomic mass is 10.1. The van der Waals surface area contributed by atoms with Crippen LogP contribution in [0.2, 0.25) is 0 Å². The van der Waals surface area contributed by atoms with E-state index in [1.807, 2.05) is 4.90 Å². The molecule has 1 saturated heterocycles. The first-order valence-corrected chi connectivity index (χ1v) is 6.19. The van der Waals surface area contributed by atoms with Gasteiger partial charge in [-0.1, -0.05) is 13.8 Å². The molecule has 0 aromatic carbocycles. The summed E-state index contributed by atoms with van der Waals surface area (Å²) in [5.74, 6) is 0.666. The lowest BCUT2D eigenvalue weighted by Gasteiger charge is -2.17. The molecule has 0 radical (unpaired) electrons. The van der Waals surface area contributed by atoms with E-state index < -0.39 is 0 Å². The molecule has 94 valence electrons. The topological polar surface area (TPSA) is 35.6 Å². The zero-order valence-electron chi connectivity index (χ0n) is 11.0. The Morgan fingerprint density at radius 1 is 1.44 bits per heavy atom. The van der Waals surface area contributed by atoms with Gasteiger partial charge in [-0.25, -0.2) is 0 Å². The van der Waals surface area contributed by atoms with Gasteiger partial charge in [-0.05, 0) is 39.4 Å². The third-order valence-electron chi connectivity index (χ3n) is 3.03. The van der Waals surface area contributed by atoms with Crippen molar-refractivity contribution >= 4 is 5.91 Å². The van der Waals surface area contributed by atoms with Crippen molar-refractivity contribution in [1.29, 1.82) is 0 Å². The number of rotatable bonds is 6. The second kappa shape index (κ2) is 6.21. The van der Waals surface area contributed by atoms with E-state index in [0.29, 0.717) is 5.92 Å². The van der Waals surface area contributed by atoms with Crippen LogP contribution in [0.15, 0.2) is 0 Å². The standard InChI is InChI=1S/C12H25N3O/c1-10(2)11-12(16)15(9-13-11)8-6-5-7-14(3)4/h10-11,13H,5-9H2,1-4H3.